The van der Waals surface area contributed by atoms with E-state index in [0.29, 0.717) is 31.4 Å². The molecule has 4 rings (SSSR count). The van der Waals surface area contributed by atoms with Gasteiger partial charge >= 0.3 is 0 Å². The third kappa shape index (κ3) is 4.77. The highest BCUT2D eigenvalue weighted by molar-refractivity contribution is 7.88. The SMILES string of the molecule is CS(=O)(=O)NC1CCCN(C(=O)C2CC2c2ccc(F)cc2-c2c(F)cccc2F)C1. The summed E-state index contributed by atoms with van der Waals surface area (Å²) in [6.07, 6.45) is 2.91. The van der Waals surface area contributed by atoms with E-state index in [2.05, 4.69) is 4.72 Å². The molecular weight excluding hydrogens is 429 g/mol. The van der Waals surface area contributed by atoms with Crippen molar-refractivity contribution in [1.82, 2.24) is 9.62 Å². The Kier molecular flexibility index (Phi) is 5.83. The van der Waals surface area contributed by atoms with Crippen molar-refractivity contribution < 1.29 is 26.4 Å². The summed E-state index contributed by atoms with van der Waals surface area (Å²) in [5, 5.41) is 0. The van der Waals surface area contributed by atoms with Gasteiger partial charge in [0.25, 0.3) is 0 Å². The van der Waals surface area contributed by atoms with Crippen LogP contribution in [-0.4, -0.2) is 44.6 Å². The van der Waals surface area contributed by atoms with Gasteiger partial charge in [0, 0.05) is 25.0 Å². The number of piperidine rings is 1. The Labute approximate surface area is 179 Å². The zero-order valence-corrected chi connectivity index (χ0v) is 17.8. The molecule has 3 atom stereocenters. The Morgan fingerprint density at radius 3 is 2.52 bits per heavy atom. The second-order valence-electron chi connectivity index (χ2n) is 8.29. The number of nitrogens with one attached hydrogen (secondary N) is 1. The van der Waals surface area contributed by atoms with Crippen LogP contribution >= 0.6 is 0 Å². The summed E-state index contributed by atoms with van der Waals surface area (Å²) in [5.74, 6) is -2.96. The van der Waals surface area contributed by atoms with Gasteiger partial charge < -0.3 is 4.90 Å². The number of sulfonamides is 1. The van der Waals surface area contributed by atoms with Crippen molar-refractivity contribution in [3.05, 3.63) is 59.4 Å². The summed E-state index contributed by atoms with van der Waals surface area (Å²) < 4.78 is 68.2. The van der Waals surface area contributed by atoms with Gasteiger partial charge in [-0.2, -0.15) is 0 Å². The molecule has 1 heterocycles. The molecule has 3 unspecified atom stereocenters. The zero-order chi connectivity index (χ0) is 22.3. The number of amides is 1. The molecule has 9 heteroatoms. The van der Waals surface area contributed by atoms with Crippen molar-refractivity contribution in [3.63, 3.8) is 0 Å². The molecule has 1 saturated heterocycles. The summed E-state index contributed by atoms with van der Waals surface area (Å²) in [5.41, 5.74) is 0.350. The predicted molar refractivity (Wildman–Crippen MR) is 110 cm³/mol. The molecule has 1 amide bonds. The number of rotatable bonds is 5. The molecule has 1 aliphatic carbocycles. The van der Waals surface area contributed by atoms with E-state index >= 15 is 0 Å². The Bertz CT molecular complexity index is 1100. The van der Waals surface area contributed by atoms with Crippen LogP contribution in [0.3, 0.4) is 0 Å². The molecule has 1 saturated carbocycles. The summed E-state index contributed by atoms with van der Waals surface area (Å²) >= 11 is 0. The number of nitrogens with zero attached hydrogens (tertiary/aromatic N) is 1. The van der Waals surface area contributed by atoms with E-state index in [9.17, 15) is 26.4 Å². The summed E-state index contributed by atoms with van der Waals surface area (Å²) in [6, 6.07) is 6.95. The first-order valence-corrected chi connectivity index (χ1v) is 12.0. The largest absolute Gasteiger partial charge is 0.341 e. The van der Waals surface area contributed by atoms with Crippen molar-refractivity contribution >= 4 is 15.9 Å². The molecule has 2 aromatic rings. The molecule has 5 nitrogen and oxygen atoms in total. The number of halogens is 3. The molecule has 2 aliphatic rings. The molecule has 2 aromatic carbocycles. The van der Waals surface area contributed by atoms with Gasteiger partial charge in [-0.1, -0.05) is 12.1 Å². The molecule has 0 radical (unpaired) electrons. The fourth-order valence-electron chi connectivity index (χ4n) is 4.45. The monoisotopic (exact) mass is 452 g/mol. The smallest absolute Gasteiger partial charge is 0.226 e. The quantitative estimate of drug-likeness (QED) is 0.756. The summed E-state index contributed by atoms with van der Waals surface area (Å²) in [7, 11) is -3.37. The molecule has 1 aliphatic heterocycles. The lowest BCUT2D eigenvalue weighted by molar-refractivity contribution is -0.133. The molecule has 2 fully saturated rings. The van der Waals surface area contributed by atoms with E-state index < -0.39 is 27.5 Å². The maximum Gasteiger partial charge on any atom is 0.226 e. The van der Waals surface area contributed by atoms with Gasteiger partial charge in [-0.05, 0) is 60.6 Å². The van der Waals surface area contributed by atoms with Gasteiger partial charge in [0.15, 0.2) is 0 Å². The second-order valence-corrected chi connectivity index (χ2v) is 10.1. The lowest BCUT2D eigenvalue weighted by atomic mass is 9.94. The molecular formula is C22H23F3N2O3S. The maximum atomic E-state index is 14.4. The van der Waals surface area contributed by atoms with Crippen LogP contribution in [-0.2, 0) is 14.8 Å². The van der Waals surface area contributed by atoms with Crippen LogP contribution in [0, 0.1) is 23.4 Å². The summed E-state index contributed by atoms with van der Waals surface area (Å²) in [4.78, 5) is 14.7. The third-order valence-electron chi connectivity index (χ3n) is 5.87. The Morgan fingerprint density at radius 2 is 1.84 bits per heavy atom. The molecule has 0 spiro atoms. The topological polar surface area (TPSA) is 66.5 Å². The first-order valence-electron chi connectivity index (χ1n) is 10.1. The normalized spacial score (nSPS) is 23.6. The Morgan fingerprint density at radius 1 is 1.13 bits per heavy atom. The lowest BCUT2D eigenvalue weighted by Gasteiger charge is -2.33. The fourth-order valence-corrected chi connectivity index (χ4v) is 5.24. The van der Waals surface area contributed by atoms with Crippen molar-refractivity contribution in [2.75, 3.05) is 19.3 Å². The lowest BCUT2D eigenvalue weighted by Crippen LogP contribution is -2.49. The van der Waals surface area contributed by atoms with Crippen LogP contribution in [0.4, 0.5) is 13.2 Å². The molecule has 31 heavy (non-hydrogen) atoms. The number of likely N-dealkylation sites (tertiary alicyclic amines) is 1. The van der Waals surface area contributed by atoms with Crippen LogP contribution in [0.25, 0.3) is 11.1 Å². The van der Waals surface area contributed by atoms with Gasteiger partial charge in [-0.3, -0.25) is 4.79 Å². The van der Waals surface area contributed by atoms with Gasteiger partial charge in [0.05, 0.1) is 11.8 Å². The first kappa shape index (κ1) is 21.8. The second kappa shape index (κ2) is 8.27. The van der Waals surface area contributed by atoms with Crippen LogP contribution in [0.1, 0.15) is 30.7 Å². The zero-order valence-electron chi connectivity index (χ0n) is 16.9. The van der Waals surface area contributed by atoms with Crippen molar-refractivity contribution in [2.45, 2.75) is 31.2 Å². The van der Waals surface area contributed by atoms with Crippen molar-refractivity contribution in [1.29, 1.82) is 0 Å². The number of carbonyl (C=O) groups excluding carboxylic acids is 1. The van der Waals surface area contributed by atoms with E-state index in [1.807, 2.05) is 0 Å². The van der Waals surface area contributed by atoms with Gasteiger partial charge in [0.2, 0.25) is 15.9 Å². The number of hydrogen-bond donors (Lipinski definition) is 1. The fraction of sp³-hybridized carbons (Fsp3) is 0.409. The van der Waals surface area contributed by atoms with E-state index in [1.54, 1.807) is 4.90 Å². The molecule has 0 bridgehead atoms. The maximum absolute atomic E-state index is 14.4. The van der Waals surface area contributed by atoms with Gasteiger partial charge in [0.1, 0.15) is 17.5 Å². The molecule has 1 N–H and O–H groups in total. The number of hydrogen-bond acceptors (Lipinski definition) is 3. The minimum Gasteiger partial charge on any atom is -0.341 e. The van der Waals surface area contributed by atoms with Crippen LogP contribution in [0.5, 0.6) is 0 Å². The minimum absolute atomic E-state index is 0.116. The highest BCUT2D eigenvalue weighted by atomic mass is 32.2. The average molecular weight is 452 g/mol. The van der Waals surface area contributed by atoms with Crippen molar-refractivity contribution in [3.8, 4) is 11.1 Å². The molecule has 0 aromatic heterocycles. The predicted octanol–water partition coefficient (Wildman–Crippen LogP) is 3.41. The number of benzene rings is 2. The summed E-state index contributed by atoms with van der Waals surface area (Å²) in [6.45, 7) is 0.815. The molecule has 166 valence electrons. The number of carbonyl (C=O) groups is 1. The van der Waals surface area contributed by atoms with E-state index in [0.717, 1.165) is 24.5 Å². The van der Waals surface area contributed by atoms with Gasteiger partial charge in [-0.15, -0.1) is 0 Å². The Hall–Kier alpha value is -2.39. The van der Waals surface area contributed by atoms with Crippen LogP contribution in [0.2, 0.25) is 0 Å². The highest BCUT2D eigenvalue weighted by Gasteiger charge is 2.47. The first-order chi connectivity index (χ1) is 14.6. The van der Waals surface area contributed by atoms with E-state index in [-0.39, 0.29) is 41.5 Å². The van der Waals surface area contributed by atoms with E-state index in [1.165, 1.54) is 18.2 Å². The van der Waals surface area contributed by atoms with Crippen molar-refractivity contribution in [2.24, 2.45) is 5.92 Å². The standard InChI is InChI=1S/C22H23F3N2O3S/c1-31(29,30)26-14-4-3-9-27(12-14)22(28)18-11-16(18)15-8-7-13(23)10-17(15)21-19(24)5-2-6-20(21)25/h2,5-8,10,14,16,18,26H,3-4,9,11-12H2,1H3. The Balaban J connectivity index is 1.55. The van der Waals surface area contributed by atoms with Crippen LogP contribution < -0.4 is 4.72 Å². The average Bonchev–Trinajstić information content (AvgIpc) is 3.47. The van der Waals surface area contributed by atoms with E-state index in [4.69, 9.17) is 0 Å². The van der Waals surface area contributed by atoms with Gasteiger partial charge in [-0.25, -0.2) is 26.3 Å². The van der Waals surface area contributed by atoms with Crippen LogP contribution in [0.15, 0.2) is 36.4 Å². The minimum atomic E-state index is -3.37. The highest BCUT2D eigenvalue weighted by Crippen LogP contribution is 2.52. The third-order valence-corrected chi connectivity index (χ3v) is 6.63.